The van der Waals surface area contributed by atoms with E-state index in [1.807, 2.05) is 54.6 Å². The van der Waals surface area contributed by atoms with Crippen LogP contribution in [-0.4, -0.2) is 16.1 Å². The summed E-state index contributed by atoms with van der Waals surface area (Å²) in [6.07, 6.45) is 0. The van der Waals surface area contributed by atoms with E-state index in [2.05, 4.69) is 4.98 Å². The molecule has 2 aromatic heterocycles. The SMILES string of the molecule is O=C(O)c1cc2[nH]c(-c3ccc(Cl)cc3)c(-c3ccccc3)c2s1. The fourth-order valence-corrected chi connectivity index (χ4v) is 3.95. The van der Waals surface area contributed by atoms with Crippen molar-refractivity contribution in [3.63, 3.8) is 0 Å². The average Bonchev–Trinajstić information content (AvgIpc) is 3.14. The van der Waals surface area contributed by atoms with E-state index in [1.165, 1.54) is 11.3 Å². The van der Waals surface area contributed by atoms with E-state index >= 15 is 0 Å². The van der Waals surface area contributed by atoms with Gasteiger partial charge in [0.2, 0.25) is 0 Å². The van der Waals surface area contributed by atoms with Crippen LogP contribution in [0.25, 0.3) is 32.6 Å². The third-order valence-electron chi connectivity index (χ3n) is 3.87. The van der Waals surface area contributed by atoms with Crippen molar-refractivity contribution in [1.29, 1.82) is 0 Å². The first-order chi connectivity index (χ1) is 11.6. The van der Waals surface area contributed by atoms with Gasteiger partial charge in [-0.25, -0.2) is 4.79 Å². The van der Waals surface area contributed by atoms with E-state index in [0.29, 0.717) is 9.90 Å². The Morgan fingerprint density at radius 3 is 2.38 bits per heavy atom. The van der Waals surface area contributed by atoms with Crippen LogP contribution in [0.2, 0.25) is 5.02 Å². The van der Waals surface area contributed by atoms with Crippen LogP contribution in [-0.2, 0) is 0 Å². The summed E-state index contributed by atoms with van der Waals surface area (Å²) in [7, 11) is 0. The second-order valence-corrected chi connectivity index (χ2v) is 6.90. The molecule has 0 saturated heterocycles. The van der Waals surface area contributed by atoms with Gasteiger partial charge in [0.15, 0.2) is 0 Å². The molecule has 24 heavy (non-hydrogen) atoms. The Labute approximate surface area is 147 Å². The van der Waals surface area contributed by atoms with Gasteiger partial charge in [0.25, 0.3) is 0 Å². The first-order valence-corrected chi connectivity index (χ1v) is 8.53. The topological polar surface area (TPSA) is 53.1 Å². The zero-order valence-electron chi connectivity index (χ0n) is 12.4. The Morgan fingerprint density at radius 1 is 1.00 bits per heavy atom. The van der Waals surface area contributed by atoms with Gasteiger partial charge in [-0.1, -0.05) is 54.1 Å². The molecule has 0 unspecified atom stereocenters. The fourth-order valence-electron chi connectivity index (χ4n) is 2.80. The molecular weight excluding hydrogens is 342 g/mol. The van der Waals surface area contributed by atoms with Crippen molar-refractivity contribution in [2.75, 3.05) is 0 Å². The summed E-state index contributed by atoms with van der Waals surface area (Å²) < 4.78 is 0.948. The number of thiophene rings is 1. The normalized spacial score (nSPS) is 11.0. The predicted octanol–water partition coefficient (Wildman–Crippen LogP) is 5.92. The summed E-state index contributed by atoms with van der Waals surface area (Å²) >= 11 is 7.28. The highest BCUT2D eigenvalue weighted by Gasteiger charge is 2.19. The second-order valence-electron chi connectivity index (χ2n) is 5.41. The molecule has 0 aliphatic carbocycles. The summed E-state index contributed by atoms with van der Waals surface area (Å²) in [5.41, 5.74) is 4.88. The van der Waals surface area contributed by atoms with E-state index < -0.39 is 5.97 Å². The molecule has 4 rings (SSSR count). The Morgan fingerprint density at radius 2 is 1.71 bits per heavy atom. The van der Waals surface area contributed by atoms with E-state index in [1.54, 1.807) is 6.07 Å². The maximum atomic E-state index is 11.3. The summed E-state index contributed by atoms with van der Waals surface area (Å²) in [6, 6.07) is 19.3. The molecule has 3 nitrogen and oxygen atoms in total. The van der Waals surface area contributed by atoms with Gasteiger partial charge in [-0.05, 0) is 29.3 Å². The molecule has 0 amide bonds. The molecule has 0 radical (unpaired) electrons. The average molecular weight is 354 g/mol. The molecule has 0 aliphatic rings. The second kappa shape index (κ2) is 5.82. The number of carboxylic acids is 1. The first kappa shape index (κ1) is 15.0. The minimum Gasteiger partial charge on any atom is -0.477 e. The van der Waals surface area contributed by atoms with Crippen LogP contribution in [0.15, 0.2) is 60.7 Å². The van der Waals surface area contributed by atoms with Crippen molar-refractivity contribution < 1.29 is 9.90 Å². The number of carbonyl (C=O) groups is 1. The van der Waals surface area contributed by atoms with Crippen LogP contribution >= 0.6 is 22.9 Å². The quantitative estimate of drug-likeness (QED) is 0.480. The third kappa shape index (κ3) is 2.50. The van der Waals surface area contributed by atoms with Crippen LogP contribution in [0, 0.1) is 0 Å². The maximum Gasteiger partial charge on any atom is 0.345 e. The van der Waals surface area contributed by atoms with Crippen LogP contribution in [0.4, 0.5) is 0 Å². The highest BCUT2D eigenvalue weighted by atomic mass is 35.5. The number of aromatic amines is 1. The Hall–Kier alpha value is -2.56. The molecule has 2 N–H and O–H groups in total. The van der Waals surface area contributed by atoms with E-state index in [0.717, 1.165) is 32.6 Å². The van der Waals surface area contributed by atoms with Crippen molar-refractivity contribution in [3.8, 4) is 22.4 Å². The molecular formula is C19H12ClNO2S. The van der Waals surface area contributed by atoms with Crippen LogP contribution in [0.3, 0.4) is 0 Å². The zero-order chi connectivity index (χ0) is 16.7. The van der Waals surface area contributed by atoms with Crippen molar-refractivity contribution >= 4 is 39.1 Å². The van der Waals surface area contributed by atoms with Crippen molar-refractivity contribution in [2.24, 2.45) is 0 Å². The van der Waals surface area contributed by atoms with Gasteiger partial charge >= 0.3 is 5.97 Å². The molecule has 5 heteroatoms. The van der Waals surface area contributed by atoms with Crippen molar-refractivity contribution in [1.82, 2.24) is 4.98 Å². The van der Waals surface area contributed by atoms with Gasteiger partial charge in [0, 0.05) is 10.6 Å². The summed E-state index contributed by atoms with van der Waals surface area (Å²) in [5.74, 6) is -0.906. The molecule has 118 valence electrons. The number of hydrogen-bond acceptors (Lipinski definition) is 2. The number of carboxylic acid groups (broad SMARTS) is 1. The van der Waals surface area contributed by atoms with E-state index in [4.69, 9.17) is 11.6 Å². The van der Waals surface area contributed by atoms with Gasteiger partial charge in [-0.15, -0.1) is 11.3 Å². The number of H-pyrrole nitrogens is 1. The molecule has 0 aliphatic heterocycles. The van der Waals surface area contributed by atoms with Gasteiger partial charge in [-0.2, -0.15) is 0 Å². The monoisotopic (exact) mass is 353 g/mol. The number of rotatable bonds is 3. The molecule has 2 heterocycles. The van der Waals surface area contributed by atoms with E-state index in [9.17, 15) is 9.90 Å². The zero-order valence-corrected chi connectivity index (χ0v) is 14.0. The first-order valence-electron chi connectivity index (χ1n) is 7.33. The highest BCUT2D eigenvalue weighted by molar-refractivity contribution is 7.21. The van der Waals surface area contributed by atoms with Crippen LogP contribution in [0.1, 0.15) is 9.67 Å². The number of benzene rings is 2. The number of nitrogens with one attached hydrogen (secondary N) is 1. The number of fused-ring (bicyclic) bond motifs is 1. The minimum atomic E-state index is -0.906. The molecule has 4 aromatic rings. The molecule has 0 saturated carbocycles. The number of hydrogen-bond donors (Lipinski definition) is 2. The number of halogens is 1. The van der Waals surface area contributed by atoms with Gasteiger partial charge in [0.05, 0.1) is 15.9 Å². The third-order valence-corrected chi connectivity index (χ3v) is 5.27. The van der Waals surface area contributed by atoms with Crippen LogP contribution in [0.5, 0.6) is 0 Å². The molecule has 0 atom stereocenters. The van der Waals surface area contributed by atoms with Gasteiger partial charge in [0.1, 0.15) is 4.88 Å². The predicted molar refractivity (Wildman–Crippen MR) is 99.0 cm³/mol. The largest absolute Gasteiger partial charge is 0.477 e. The Kier molecular flexibility index (Phi) is 3.63. The molecule has 0 bridgehead atoms. The molecule has 0 spiro atoms. The summed E-state index contributed by atoms with van der Waals surface area (Å²) in [4.78, 5) is 15.0. The lowest BCUT2D eigenvalue weighted by Crippen LogP contribution is -1.90. The van der Waals surface area contributed by atoms with Crippen LogP contribution < -0.4 is 0 Å². The highest BCUT2D eigenvalue weighted by Crippen LogP contribution is 2.42. The lowest BCUT2D eigenvalue weighted by atomic mass is 10.0. The minimum absolute atomic E-state index is 0.330. The summed E-state index contributed by atoms with van der Waals surface area (Å²) in [5, 5.41) is 9.95. The molecule has 2 aromatic carbocycles. The van der Waals surface area contributed by atoms with Crippen molar-refractivity contribution in [2.45, 2.75) is 0 Å². The Bertz CT molecular complexity index is 1030. The summed E-state index contributed by atoms with van der Waals surface area (Å²) in [6.45, 7) is 0. The molecule has 0 fully saturated rings. The maximum absolute atomic E-state index is 11.3. The number of aromatic carboxylic acids is 1. The lowest BCUT2D eigenvalue weighted by Gasteiger charge is -2.05. The lowest BCUT2D eigenvalue weighted by molar-refractivity contribution is 0.0702. The smallest absolute Gasteiger partial charge is 0.345 e. The van der Waals surface area contributed by atoms with Crippen molar-refractivity contribution in [3.05, 3.63) is 70.6 Å². The fraction of sp³-hybridized carbons (Fsp3) is 0. The standard InChI is InChI=1S/C19H12ClNO2S/c20-13-8-6-12(7-9-13)17-16(11-4-2-1-3-5-11)18-14(21-17)10-15(24-18)19(22)23/h1-10,21H,(H,22,23). The van der Waals surface area contributed by atoms with Gasteiger partial charge in [-0.3, -0.25) is 0 Å². The number of aromatic nitrogens is 1. The van der Waals surface area contributed by atoms with E-state index in [-0.39, 0.29) is 0 Å². The Balaban J connectivity index is 2.01. The van der Waals surface area contributed by atoms with Gasteiger partial charge < -0.3 is 10.1 Å².